The van der Waals surface area contributed by atoms with Gasteiger partial charge in [0, 0.05) is 12.6 Å². The minimum atomic E-state index is -1.05. The molecule has 1 fully saturated rings. The number of carbonyl (C=O) groups excluding carboxylic acids is 1. The van der Waals surface area contributed by atoms with Crippen LogP contribution < -0.4 is 11.1 Å². The van der Waals surface area contributed by atoms with E-state index in [4.69, 9.17) is 5.73 Å². The summed E-state index contributed by atoms with van der Waals surface area (Å²) >= 11 is 0. The van der Waals surface area contributed by atoms with E-state index in [0.717, 1.165) is 18.8 Å². The second-order valence-corrected chi connectivity index (χ2v) is 4.28. The molecule has 0 aromatic carbocycles. The van der Waals surface area contributed by atoms with Crippen LogP contribution in [0.2, 0.25) is 0 Å². The van der Waals surface area contributed by atoms with E-state index in [9.17, 15) is 9.90 Å². The fourth-order valence-electron chi connectivity index (χ4n) is 1.84. The summed E-state index contributed by atoms with van der Waals surface area (Å²) in [4.78, 5) is 10.6. The maximum Gasteiger partial charge on any atom is 0.247 e. The van der Waals surface area contributed by atoms with Crippen LogP contribution in [0.25, 0.3) is 0 Å². The fraction of sp³-hybridized carbons (Fsp3) is 0.900. The van der Waals surface area contributed by atoms with Gasteiger partial charge in [-0.25, -0.2) is 0 Å². The number of primary amides is 1. The van der Waals surface area contributed by atoms with E-state index in [1.54, 1.807) is 0 Å². The maximum atomic E-state index is 10.6. The van der Waals surface area contributed by atoms with Gasteiger partial charge in [0.25, 0.3) is 0 Å². The molecule has 4 N–H and O–H groups in total. The van der Waals surface area contributed by atoms with Gasteiger partial charge in [0.2, 0.25) is 5.91 Å². The molecule has 1 aliphatic rings. The van der Waals surface area contributed by atoms with Crippen LogP contribution in [-0.2, 0) is 4.79 Å². The van der Waals surface area contributed by atoms with Crippen molar-refractivity contribution < 1.29 is 9.90 Å². The van der Waals surface area contributed by atoms with Crippen LogP contribution in [0, 0.1) is 5.92 Å². The molecule has 4 nitrogen and oxygen atoms in total. The molecule has 0 spiro atoms. The number of nitrogens with two attached hydrogens (primary N) is 1. The van der Waals surface area contributed by atoms with Crippen LogP contribution in [-0.4, -0.2) is 29.7 Å². The standard InChI is InChI=1S/C10H20N2O2/c1-7-2-4-8(5-3-7)12-6-9(13)10(11)14/h7-9,12-13H,2-6H2,1H3,(H2,11,14). The minimum Gasteiger partial charge on any atom is -0.382 e. The summed E-state index contributed by atoms with van der Waals surface area (Å²) < 4.78 is 0. The first-order chi connectivity index (χ1) is 6.59. The predicted octanol–water partition coefficient (Wildman–Crippen LogP) is 0.000900. The largest absolute Gasteiger partial charge is 0.382 e. The van der Waals surface area contributed by atoms with E-state index >= 15 is 0 Å². The Morgan fingerprint density at radius 2 is 2.07 bits per heavy atom. The summed E-state index contributed by atoms with van der Waals surface area (Å²) in [7, 11) is 0. The highest BCUT2D eigenvalue weighted by molar-refractivity contribution is 5.78. The zero-order valence-corrected chi connectivity index (χ0v) is 8.70. The van der Waals surface area contributed by atoms with E-state index in [-0.39, 0.29) is 6.54 Å². The molecule has 1 rings (SSSR count). The van der Waals surface area contributed by atoms with Gasteiger partial charge in [-0.3, -0.25) is 4.79 Å². The predicted molar refractivity (Wildman–Crippen MR) is 54.6 cm³/mol. The molecule has 1 amide bonds. The average molecular weight is 200 g/mol. The molecular formula is C10H20N2O2. The molecule has 1 unspecified atom stereocenters. The van der Waals surface area contributed by atoms with Crippen LogP contribution in [0.1, 0.15) is 32.6 Å². The first-order valence-electron chi connectivity index (χ1n) is 5.30. The Kier molecular flexibility index (Phi) is 4.35. The summed E-state index contributed by atoms with van der Waals surface area (Å²) in [6.07, 6.45) is 3.67. The van der Waals surface area contributed by atoms with E-state index in [2.05, 4.69) is 12.2 Å². The number of hydrogen-bond acceptors (Lipinski definition) is 3. The summed E-state index contributed by atoms with van der Waals surface area (Å²) in [6, 6.07) is 0.445. The van der Waals surface area contributed by atoms with Crippen molar-refractivity contribution in [2.75, 3.05) is 6.54 Å². The van der Waals surface area contributed by atoms with Gasteiger partial charge in [-0.1, -0.05) is 6.92 Å². The number of rotatable bonds is 4. The molecule has 0 aromatic rings. The lowest BCUT2D eigenvalue weighted by Gasteiger charge is -2.27. The lowest BCUT2D eigenvalue weighted by Crippen LogP contribution is -2.42. The van der Waals surface area contributed by atoms with Crippen LogP contribution in [0.3, 0.4) is 0 Å². The van der Waals surface area contributed by atoms with Crippen molar-refractivity contribution in [3.8, 4) is 0 Å². The maximum absolute atomic E-state index is 10.6. The summed E-state index contributed by atoms with van der Waals surface area (Å²) in [6.45, 7) is 2.54. The lowest BCUT2D eigenvalue weighted by molar-refractivity contribution is -0.125. The highest BCUT2D eigenvalue weighted by atomic mass is 16.3. The third-order valence-corrected chi connectivity index (χ3v) is 2.94. The number of nitrogens with one attached hydrogen (secondary N) is 1. The number of aliphatic hydroxyl groups excluding tert-OH is 1. The van der Waals surface area contributed by atoms with Gasteiger partial charge in [0.15, 0.2) is 0 Å². The van der Waals surface area contributed by atoms with Crippen molar-refractivity contribution in [3.05, 3.63) is 0 Å². The molecule has 0 bridgehead atoms. The quantitative estimate of drug-likeness (QED) is 0.598. The van der Waals surface area contributed by atoms with Crippen LogP contribution in [0.15, 0.2) is 0 Å². The third kappa shape index (κ3) is 3.64. The topological polar surface area (TPSA) is 75.3 Å². The second-order valence-electron chi connectivity index (χ2n) is 4.28. The van der Waals surface area contributed by atoms with Gasteiger partial charge < -0.3 is 16.2 Å². The molecule has 1 aliphatic carbocycles. The number of carbonyl (C=O) groups is 1. The van der Waals surface area contributed by atoms with E-state index in [0.29, 0.717) is 6.04 Å². The molecule has 82 valence electrons. The first kappa shape index (κ1) is 11.5. The second kappa shape index (κ2) is 5.32. The van der Waals surface area contributed by atoms with Gasteiger partial charge >= 0.3 is 0 Å². The lowest BCUT2D eigenvalue weighted by atomic mass is 9.87. The van der Waals surface area contributed by atoms with Crippen LogP contribution in [0.5, 0.6) is 0 Å². The SMILES string of the molecule is CC1CCC(NCC(O)C(N)=O)CC1. The number of amides is 1. The zero-order chi connectivity index (χ0) is 10.6. The molecule has 0 heterocycles. The van der Waals surface area contributed by atoms with Crippen molar-refractivity contribution >= 4 is 5.91 Å². The van der Waals surface area contributed by atoms with Crippen LogP contribution in [0.4, 0.5) is 0 Å². The van der Waals surface area contributed by atoms with Gasteiger partial charge in [-0.2, -0.15) is 0 Å². The Morgan fingerprint density at radius 1 is 1.50 bits per heavy atom. The minimum absolute atomic E-state index is 0.286. The Morgan fingerprint density at radius 3 is 2.57 bits per heavy atom. The Labute approximate surface area is 84.9 Å². The summed E-state index contributed by atoms with van der Waals surface area (Å²) in [5.41, 5.74) is 4.94. The zero-order valence-electron chi connectivity index (χ0n) is 8.70. The Balaban J connectivity index is 2.16. The van der Waals surface area contributed by atoms with Gasteiger partial charge in [0.05, 0.1) is 0 Å². The van der Waals surface area contributed by atoms with E-state index in [1.807, 2.05) is 0 Å². The summed E-state index contributed by atoms with van der Waals surface area (Å²) in [5.74, 6) is 0.163. The highest BCUT2D eigenvalue weighted by Crippen LogP contribution is 2.23. The van der Waals surface area contributed by atoms with E-state index in [1.165, 1.54) is 12.8 Å². The highest BCUT2D eigenvalue weighted by Gasteiger charge is 2.19. The molecule has 0 saturated heterocycles. The van der Waals surface area contributed by atoms with Crippen molar-refractivity contribution in [2.45, 2.75) is 44.8 Å². The average Bonchev–Trinajstić information content (AvgIpc) is 2.16. The number of hydrogen-bond donors (Lipinski definition) is 3. The monoisotopic (exact) mass is 200 g/mol. The molecule has 0 aliphatic heterocycles. The Hall–Kier alpha value is -0.610. The molecular weight excluding hydrogens is 180 g/mol. The fourth-order valence-corrected chi connectivity index (χ4v) is 1.84. The number of aliphatic hydroxyl groups is 1. The van der Waals surface area contributed by atoms with Crippen molar-refractivity contribution in [1.82, 2.24) is 5.32 Å². The van der Waals surface area contributed by atoms with Gasteiger partial charge in [-0.15, -0.1) is 0 Å². The molecule has 4 heteroatoms. The molecule has 1 atom stereocenters. The molecule has 14 heavy (non-hydrogen) atoms. The van der Waals surface area contributed by atoms with Gasteiger partial charge in [-0.05, 0) is 31.6 Å². The van der Waals surface area contributed by atoms with Gasteiger partial charge in [0.1, 0.15) is 6.10 Å². The van der Waals surface area contributed by atoms with Crippen molar-refractivity contribution in [2.24, 2.45) is 11.7 Å². The smallest absolute Gasteiger partial charge is 0.247 e. The van der Waals surface area contributed by atoms with Crippen LogP contribution >= 0.6 is 0 Å². The first-order valence-corrected chi connectivity index (χ1v) is 5.30. The van der Waals surface area contributed by atoms with Crippen molar-refractivity contribution in [3.63, 3.8) is 0 Å². The van der Waals surface area contributed by atoms with E-state index < -0.39 is 12.0 Å². The third-order valence-electron chi connectivity index (χ3n) is 2.94. The molecule has 0 radical (unpaired) electrons. The molecule has 1 saturated carbocycles. The Bertz CT molecular complexity index is 189. The van der Waals surface area contributed by atoms with Crippen molar-refractivity contribution in [1.29, 1.82) is 0 Å². The summed E-state index contributed by atoms with van der Waals surface area (Å²) in [5, 5.41) is 12.3. The molecule has 0 aromatic heterocycles. The normalized spacial score (nSPS) is 29.9.